The van der Waals surface area contributed by atoms with Crippen molar-refractivity contribution in [2.75, 3.05) is 0 Å². The van der Waals surface area contributed by atoms with Crippen molar-refractivity contribution in [2.24, 2.45) is 0 Å². The third-order valence-electron chi connectivity index (χ3n) is 4.16. The topological polar surface area (TPSA) is 84.7 Å². The summed E-state index contributed by atoms with van der Waals surface area (Å²) in [6.45, 7) is 3.95. The van der Waals surface area contributed by atoms with Gasteiger partial charge in [0.05, 0.1) is 16.6 Å². The fourth-order valence-corrected chi connectivity index (χ4v) is 2.87. The Morgan fingerprint density at radius 3 is 2.54 bits per heavy atom. The van der Waals surface area contributed by atoms with E-state index in [0.29, 0.717) is 11.1 Å². The van der Waals surface area contributed by atoms with Gasteiger partial charge in [0.1, 0.15) is 5.82 Å². The standard InChI is InChI=1S/C20H16N4O2/c1-14-11-17(15(2)23(14)20-5-3-4-10-22-20)12-18(13-21)16-6-8-19(9-7-16)24(25)26/h3-12H,1-2H3/b18-12-. The molecule has 26 heavy (non-hydrogen) atoms. The fraction of sp³-hybridized carbons (Fsp3) is 0.100. The maximum atomic E-state index is 10.8. The average molecular weight is 344 g/mol. The highest BCUT2D eigenvalue weighted by molar-refractivity contribution is 5.90. The second-order valence-corrected chi connectivity index (χ2v) is 5.82. The van der Waals surface area contributed by atoms with Crippen LogP contribution in [0.3, 0.4) is 0 Å². The van der Waals surface area contributed by atoms with Crippen molar-refractivity contribution >= 4 is 17.3 Å². The molecule has 0 fully saturated rings. The molecular formula is C20H16N4O2. The maximum Gasteiger partial charge on any atom is 0.269 e. The number of pyridine rings is 1. The van der Waals surface area contributed by atoms with Crippen LogP contribution in [-0.4, -0.2) is 14.5 Å². The summed E-state index contributed by atoms with van der Waals surface area (Å²) in [4.78, 5) is 14.7. The first kappa shape index (κ1) is 17.1. The number of aryl methyl sites for hydroxylation is 1. The second-order valence-electron chi connectivity index (χ2n) is 5.82. The van der Waals surface area contributed by atoms with Crippen LogP contribution in [0.4, 0.5) is 5.69 Å². The predicted molar refractivity (Wildman–Crippen MR) is 99.6 cm³/mol. The van der Waals surface area contributed by atoms with Crippen molar-refractivity contribution in [3.63, 3.8) is 0 Å². The second kappa shape index (κ2) is 7.03. The third-order valence-corrected chi connectivity index (χ3v) is 4.16. The molecule has 1 aromatic carbocycles. The first-order valence-corrected chi connectivity index (χ1v) is 7.98. The number of nitro benzene ring substituents is 1. The van der Waals surface area contributed by atoms with Gasteiger partial charge in [-0.15, -0.1) is 0 Å². The number of nitriles is 1. The zero-order valence-electron chi connectivity index (χ0n) is 14.4. The van der Waals surface area contributed by atoms with Crippen LogP contribution in [0.2, 0.25) is 0 Å². The number of hydrogen-bond acceptors (Lipinski definition) is 4. The molecule has 0 aliphatic heterocycles. The predicted octanol–water partition coefficient (Wildman–Crippen LogP) is 4.46. The van der Waals surface area contributed by atoms with Gasteiger partial charge in [0, 0.05) is 29.7 Å². The lowest BCUT2D eigenvalue weighted by atomic mass is 10.0. The Bertz CT molecular complexity index is 1030. The Morgan fingerprint density at radius 2 is 1.96 bits per heavy atom. The highest BCUT2D eigenvalue weighted by atomic mass is 16.6. The maximum absolute atomic E-state index is 10.8. The number of benzene rings is 1. The van der Waals surface area contributed by atoms with E-state index in [1.165, 1.54) is 12.1 Å². The quantitative estimate of drug-likeness (QED) is 0.397. The summed E-state index contributed by atoms with van der Waals surface area (Å²) in [5.74, 6) is 0.816. The molecule has 0 atom stereocenters. The van der Waals surface area contributed by atoms with Gasteiger partial charge in [-0.1, -0.05) is 6.07 Å². The summed E-state index contributed by atoms with van der Waals surface area (Å²) in [6, 6.07) is 15.9. The number of nitrogens with zero attached hydrogens (tertiary/aromatic N) is 4. The smallest absolute Gasteiger partial charge is 0.269 e. The number of rotatable bonds is 4. The van der Waals surface area contributed by atoms with Gasteiger partial charge in [0.2, 0.25) is 0 Å². The summed E-state index contributed by atoms with van der Waals surface area (Å²) in [7, 11) is 0. The summed E-state index contributed by atoms with van der Waals surface area (Å²) in [5, 5.41) is 20.3. The zero-order valence-corrected chi connectivity index (χ0v) is 14.4. The lowest BCUT2D eigenvalue weighted by Crippen LogP contribution is -2.01. The first-order valence-electron chi connectivity index (χ1n) is 7.98. The lowest BCUT2D eigenvalue weighted by Gasteiger charge is -2.08. The fourth-order valence-electron chi connectivity index (χ4n) is 2.87. The van der Waals surface area contributed by atoms with E-state index in [4.69, 9.17) is 0 Å². The Morgan fingerprint density at radius 1 is 1.23 bits per heavy atom. The molecule has 2 aromatic heterocycles. The van der Waals surface area contributed by atoms with Crippen molar-refractivity contribution in [1.29, 1.82) is 5.26 Å². The van der Waals surface area contributed by atoms with Gasteiger partial charge < -0.3 is 4.57 Å². The largest absolute Gasteiger partial charge is 0.303 e. The molecule has 6 heteroatoms. The van der Waals surface area contributed by atoms with Crippen molar-refractivity contribution in [3.05, 3.63) is 87.4 Å². The van der Waals surface area contributed by atoms with Crippen LogP contribution in [-0.2, 0) is 0 Å². The van der Waals surface area contributed by atoms with Crippen molar-refractivity contribution in [2.45, 2.75) is 13.8 Å². The van der Waals surface area contributed by atoms with Gasteiger partial charge in [-0.2, -0.15) is 5.26 Å². The first-order chi connectivity index (χ1) is 12.5. The average Bonchev–Trinajstić information content (AvgIpc) is 2.93. The minimum Gasteiger partial charge on any atom is -0.303 e. The van der Waals surface area contributed by atoms with Gasteiger partial charge in [0.15, 0.2) is 0 Å². The Balaban J connectivity index is 2.03. The van der Waals surface area contributed by atoms with E-state index in [1.807, 2.05) is 42.7 Å². The van der Waals surface area contributed by atoms with Crippen LogP contribution < -0.4 is 0 Å². The minimum absolute atomic E-state index is 0.000584. The van der Waals surface area contributed by atoms with Gasteiger partial charge in [-0.25, -0.2) is 4.98 Å². The summed E-state index contributed by atoms with van der Waals surface area (Å²) in [5.41, 5.74) is 3.97. The van der Waals surface area contributed by atoms with Crippen LogP contribution in [0.15, 0.2) is 54.7 Å². The molecule has 0 amide bonds. The third kappa shape index (κ3) is 3.23. The Labute approximate surface area is 150 Å². The molecule has 0 radical (unpaired) electrons. The molecule has 0 saturated carbocycles. The molecule has 0 aliphatic rings. The number of non-ortho nitro benzene ring substituents is 1. The van der Waals surface area contributed by atoms with Gasteiger partial charge >= 0.3 is 0 Å². The van der Waals surface area contributed by atoms with Crippen LogP contribution in [0.5, 0.6) is 0 Å². The number of hydrogen-bond donors (Lipinski definition) is 0. The van der Waals surface area contributed by atoms with Crippen LogP contribution in [0, 0.1) is 35.3 Å². The Kier molecular flexibility index (Phi) is 4.63. The number of allylic oxidation sites excluding steroid dienone is 1. The van der Waals surface area contributed by atoms with Gasteiger partial charge in [-0.05, 0) is 61.4 Å². The molecular weight excluding hydrogens is 328 g/mol. The molecule has 0 saturated heterocycles. The summed E-state index contributed by atoms with van der Waals surface area (Å²) >= 11 is 0. The Hall–Kier alpha value is -3.72. The molecule has 2 heterocycles. The highest BCUT2D eigenvalue weighted by Gasteiger charge is 2.12. The summed E-state index contributed by atoms with van der Waals surface area (Å²) in [6.07, 6.45) is 3.53. The van der Waals surface area contributed by atoms with Crippen molar-refractivity contribution in [3.8, 4) is 11.9 Å². The van der Waals surface area contributed by atoms with Crippen LogP contribution >= 0.6 is 0 Å². The molecule has 0 unspecified atom stereocenters. The van der Waals surface area contributed by atoms with E-state index in [9.17, 15) is 15.4 Å². The summed E-state index contributed by atoms with van der Waals surface area (Å²) < 4.78 is 2.02. The zero-order chi connectivity index (χ0) is 18.7. The molecule has 0 bridgehead atoms. The lowest BCUT2D eigenvalue weighted by molar-refractivity contribution is -0.384. The van der Waals surface area contributed by atoms with Gasteiger partial charge in [0.25, 0.3) is 5.69 Å². The molecule has 0 aliphatic carbocycles. The van der Waals surface area contributed by atoms with Crippen LogP contribution in [0.1, 0.15) is 22.5 Å². The van der Waals surface area contributed by atoms with Crippen molar-refractivity contribution in [1.82, 2.24) is 9.55 Å². The van der Waals surface area contributed by atoms with Gasteiger partial charge in [-0.3, -0.25) is 10.1 Å². The van der Waals surface area contributed by atoms with Crippen LogP contribution in [0.25, 0.3) is 17.5 Å². The number of aromatic nitrogens is 2. The molecule has 128 valence electrons. The molecule has 6 nitrogen and oxygen atoms in total. The van der Waals surface area contributed by atoms with Crippen molar-refractivity contribution < 1.29 is 4.92 Å². The van der Waals surface area contributed by atoms with E-state index < -0.39 is 4.92 Å². The minimum atomic E-state index is -0.458. The monoisotopic (exact) mass is 344 g/mol. The van der Waals surface area contributed by atoms with E-state index in [1.54, 1.807) is 24.4 Å². The number of nitro groups is 1. The normalized spacial score (nSPS) is 11.2. The molecule has 3 rings (SSSR count). The molecule has 3 aromatic rings. The molecule has 0 N–H and O–H groups in total. The van der Waals surface area contributed by atoms with E-state index in [-0.39, 0.29) is 5.69 Å². The van der Waals surface area contributed by atoms with E-state index in [2.05, 4.69) is 11.1 Å². The molecule has 0 spiro atoms. The SMILES string of the molecule is Cc1cc(/C=C(/C#N)c2ccc([N+](=O)[O-])cc2)c(C)n1-c1ccccn1. The van der Waals surface area contributed by atoms with E-state index in [0.717, 1.165) is 22.8 Å². The highest BCUT2D eigenvalue weighted by Crippen LogP contribution is 2.25. The van der Waals surface area contributed by atoms with E-state index >= 15 is 0 Å².